The van der Waals surface area contributed by atoms with Crippen LogP contribution in [0.1, 0.15) is 17.2 Å². The van der Waals surface area contributed by atoms with E-state index in [0.717, 1.165) is 5.56 Å². The minimum Gasteiger partial charge on any atom is -0.302 e. The van der Waals surface area contributed by atoms with E-state index in [1.54, 1.807) is 36.7 Å². The summed E-state index contributed by atoms with van der Waals surface area (Å²) in [6.07, 6.45) is -0.504. The molecule has 1 unspecified atom stereocenters. The van der Waals surface area contributed by atoms with Gasteiger partial charge in [-0.15, -0.1) is 0 Å². The van der Waals surface area contributed by atoms with E-state index in [4.69, 9.17) is 0 Å². The third-order valence-electron chi connectivity index (χ3n) is 2.95. The highest BCUT2D eigenvalue weighted by atomic mass is 19.4. The summed E-state index contributed by atoms with van der Waals surface area (Å²) in [5, 5.41) is 2.57. The van der Waals surface area contributed by atoms with Gasteiger partial charge in [0, 0.05) is 18.9 Å². The van der Waals surface area contributed by atoms with Gasteiger partial charge in [0.05, 0.1) is 0 Å². The Hall–Kier alpha value is -1.88. The molecule has 1 aromatic heterocycles. The number of alkyl halides is 3. The lowest BCUT2D eigenvalue weighted by Gasteiger charge is -2.22. The first-order chi connectivity index (χ1) is 9.57. The fraction of sp³-hybridized carbons (Fsp3) is 0.267. The highest BCUT2D eigenvalue weighted by Crippen LogP contribution is 2.32. The summed E-state index contributed by atoms with van der Waals surface area (Å²) in [5.74, 6) is 0. The normalized spacial score (nSPS) is 13.2. The van der Waals surface area contributed by atoms with Crippen LogP contribution in [0.5, 0.6) is 0 Å². The van der Waals surface area contributed by atoms with Gasteiger partial charge >= 0.3 is 6.18 Å². The molecule has 1 aromatic carbocycles. The highest BCUT2D eigenvalue weighted by molar-refractivity contribution is 5.20. The SMILES string of the molecule is FC(F)(F)C(NCCc1cccnc1)c1ccccc1. The van der Waals surface area contributed by atoms with E-state index >= 15 is 0 Å². The van der Waals surface area contributed by atoms with Crippen LogP contribution in [0.2, 0.25) is 0 Å². The molecule has 0 spiro atoms. The molecule has 106 valence electrons. The lowest BCUT2D eigenvalue weighted by molar-refractivity contribution is -0.157. The van der Waals surface area contributed by atoms with E-state index in [9.17, 15) is 13.2 Å². The fourth-order valence-corrected chi connectivity index (χ4v) is 1.97. The second kappa shape index (κ2) is 6.52. The van der Waals surface area contributed by atoms with E-state index in [-0.39, 0.29) is 12.1 Å². The smallest absolute Gasteiger partial charge is 0.302 e. The number of nitrogens with zero attached hydrogens (tertiary/aromatic N) is 1. The summed E-state index contributed by atoms with van der Waals surface area (Å²) < 4.78 is 39.2. The minimum atomic E-state index is -4.31. The van der Waals surface area contributed by atoms with Crippen LogP contribution in [0.3, 0.4) is 0 Å². The Labute approximate surface area is 115 Å². The summed E-state index contributed by atoms with van der Waals surface area (Å²) in [7, 11) is 0. The molecule has 0 saturated carbocycles. The van der Waals surface area contributed by atoms with Gasteiger partial charge < -0.3 is 5.32 Å². The molecule has 1 atom stereocenters. The number of halogens is 3. The van der Waals surface area contributed by atoms with Crippen molar-refractivity contribution in [3.63, 3.8) is 0 Å². The Morgan fingerprint density at radius 1 is 1.05 bits per heavy atom. The summed E-state index contributed by atoms with van der Waals surface area (Å²) in [5.41, 5.74) is 1.14. The summed E-state index contributed by atoms with van der Waals surface area (Å²) >= 11 is 0. The molecule has 0 bridgehead atoms. The standard InChI is InChI=1S/C15H15F3N2/c16-15(17,18)14(13-6-2-1-3-7-13)20-10-8-12-5-4-9-19-11-12/h1-7,9,11,14,20H,8,10H2. The number of rotatable bonds is 5. The Morgan fingerprint density at radius 3 is 2.40 bits per heavy atom. The topological polar surface area (TPSA) is 24.9 Å². The van der Waals surface area contributed by atoms with Crippen LogP contribution in [-0.4, -0.2) is 17.7 Å². The van der Waals surface area contributed by atoms with Crippen molar-refractivity contribution in [3.05, 3.63) is 66.0 Å². The molecule has 0 amide bonds. The van der Waals surface area contributed by atoms with E-state index in [1.807, 2.05) is 6.07 Å². The van der Waals surface area contributed by atoms with Crippen LogP contribution >= 0.6 is 0 Å². The summed E-state index contributed by atoms with van der Waals surface area (Å²) in [6.45, 7) is 0.241. The lowest BCUT2D eigenvalue weighted by Crippen LogP contribution is -2.35. The van der Waals surface area contributed by atoms with Crippen LogP contribution in [0, 0.1) is 0 Å². The number of hydrogen-bond donors (Lipinski definition) is 1. The Morgan fingerprint density at radius 2 is 1.80 bits per heavy atom. The monoisotopic (exact) mass is 280 g/mol. The molecule has 2 aromatic rings. The molecule has 0 saturated heterocycles. The zero-order valence-electron chi connectivity index (χ0n) is 10.8. The fourth-order valence-electron chi connectivity index (χ4n) is 1.97. The third-order valence-corrected chi connectivity index (χ3v) is 2.95. The van der Waals surface area contributed by atoms with E-state index in [0.29, 0.717) is 6.42 Å². The Kier molecular flexibility index (Phi) is 4.74. The van der Waals surface area contributed by atoms with Gasteiger partial charge in [0.2, 0.25) is 0 Å². The van der Waals surface area contributed by atoms with Crippen molar-refractivity contribution in [2.24, 2.45) is 0 Å². The van der Waals surface area contributed by atoms with Crippen molar-refractivity contribution in [1.82, 2.24) is 10.3 Å². The largest absolute Gasteiger partial charge is 0.407 e. The van der Waals surface area contributed by atoms with Gasteiger partial charge in [0.15, 0.2) is 0 Å². The van der Waals surface area contributed by atoms with Crippen molar-refractivity contribution in [1.29, 1.82) is 0 Å². The van der Waals surface area contributed by atoms with Gasteiger partial charge in [0.1, 0.15) is 6.04 Å². The number of hydrogen-bond acceptors (Lipinski definition) is 2. The molecule has 2 rings (SSSR count). The number of nitrogens with one attached hydrogen (secondary N) is 1. The molecule has 1 heterocycles. The maximum atomic E-state index is 13.1. The maximum Gasteiger partial charge on any atom is 0.407 e. The Bertz CT molecular complexity index is 512. The number of aromatic nitrogens is 1. The average molecular weight is 280 g/mol. The molecule has 0 aliphatic carbocycles. The molecular formula is C15H15F3N2. The van der Waals surface area contributed by atoms with E-state index < -0.39 is 12.2 Å². The molecule has 0 radical (unpaired) electrons. The second-order valence-electron chi connectivity index (χ2n) is 4.45. The first kappa shape index (κ1) is 14.5. The molecule has 1 N–H and O–H groups in total. The molecule has 20 heavy (non-hydrogen) atoms. The average Bonchev–Trinajstić information content (AvgIpc) is 2.44. The van der Waals surface area contributed by atoms with Crippen molar-refractivity contribution in [2.75, 3.05) is 6.54 Å². The van der Waals surface area contributed by atoms with Gasteiger partial charge in [-0.25, -0.2) is 0 Å². The van der Waals surface area contributed by atoms with Crippen molar-refractivity contribution in [3.8, 4) is 0 Å². The molecule has 0 fully saturated rings. The zero-order valence-corrected chi connectivity index (χ0v) is 10.8. The van der Waals surface area contributed by atoms with Crippen molar-refractivity contribution in [2.45, 2.75) is 18.6 Å². The molecule has 2 nitrogen and oxygen atoms in total. The third kappa shape index (κ3) is 4.06. The van der Waals surface area contributed by atoms with Crippen LogP contribution in [-0.2, 0) is 6.42 Å². The van der Waals surface area contributed by atoms with E-state index in [1.165, 1.54) is 12.1 Å². The van der Waals surface area contributed by atoms with Gasteiger partial charge in [-0.2, -0.15) is 13.2 Å². The van der Waals surface area contributed by atoms with Gasteiger partial charge in [0.25, 0.3) is 0 Å². The lowest BCUT2D eigenvalue weighted by atomic mass is 10.1. The molecule has 0 aliphatic heterocycles. The van der Waals surface area contributed by atoms with E-state index in [2.05, 4.69) is 10.3 Å². The van der Waals surface area contributed by atoms with Crippen molar-refractivity contribution >= 4 is 0 Å². The first-order valence-electron chi connectivity index (χ1n) is 6.31. The summed E-state index contributed by atoms with van der Waals surface area (Å²) in [4.78, 5) is 3.94. The Balaban J connectivity index is 1.99. The van der Waals surface area contributed by atoms with Gasteiger partial charge in [-0.3, -0.25) is 4.98 Å². The van der Waals surface area contributed by atoms with Crippen molar-refractivity contribution < 1.29 is 13.2 Å². The minimum absolute atomic E-state index is 0.228. The van der Waals surface area contributed by atoms with Crippen LogP contribution in [0.25, 0.3) is 0 Å². The number of pyridine rings is 1. The van der Waals surface area contributed by atoms with Gasteiger partial charge in [-0.1, -0.05) is 36.4 Å². The quantitative estimate of drug-likeness (QED) is 0.906. The van der Waals surface area contributed by atoms with Crippen LogP contribution < -0.4 is 5.32 Å². The molecular weight excluding hydrogens is 265 g/mol. The summed E-state index contributed by atoms with van der Waals surface area (Å²) in [6, 6.07) is 9.86. The predicted octanol–water partition coefficient (Wildman–Crippen LogP) is 3.52. The van der Waals surface area contributed by atoms with Crippen LogP contribution in [0.15, 0.2) is 54.9 Å². The maximum absolute atomic E-state index is 13.1. The molecule has 5 heteroatoms. The second-order valence-corrected chi connectivity index (χ2v) is 4.45. The number of benzene rings is 1. The first-order valence-corrected chi connectivity index (χ1v) is 6.31. The molecule has 0 aliphatic rings. The predicted molar refractivity (Wildman–Crippen MR) is 71.2 cm³/mol. The van der Waals surface area contributed by atoms with Gasteiger partial charge in [-0.05, 0) is 23.6 Å². The zero-order chi connectivity index (χ0) is 14.4. The van der Waals surface area contributed by atoms with Crippen LogP contribution in [0.4, 0.5) is 13.2 Å². The highest BCUT2D eigenvalue weighted by Gasteiger charge is 2.40.